The van der Waals surface area contributed by atoms with Crippen LogP contribution in [0.2, 0.25) is 5.02 Å². The lowest BCUT2D eigenvalue weighted by Crippen LogP contribution is -2.32. The molecule has 0 saturated carbocycles. The summed E-state index contributed by atoms with van der Waals surface area (Å²) in [6.45, 7) is 4.39. The Morgan fingerprint density at radius 3 is 2.68 bits per heavy atom. The van der Waals surface area contributed by atoms with Crippen LogP contribution in [0.3, 0.4) is 0 Å². The predicted molar refractivity (Wildman–Crippen MR) is 84.3 cm³/mol. The van der Waals surface area contributed by atoms with Crippen molar-refractivity contribution in [3.63, 3.8) is 0 Å². The Balaban J connectivity index is 0.000000239. The summed E-state index contributed by atoms with van der Waals surface area (Å²) in [5.74, 6) is -1.92. The lowest BCUT2D eigenvalue weighted by Gasteiger charge is -2.11. The van der Waals surface area contributed by atoms with Gasteiger partial charge in [-0.1, -0.05) is 24.6 Å². The maximum atomic E-state index is 9.85. The van der Waals surface area contributed by atoms with Gasteiger partial charge in [0.2, 0.25) is 0 Å². The van der Waals surface area contributed by atoms with Crippen LogP contribution >= 0.6 is 11.6 Å². The normalized spacial score (nSPS) is 18.2. The van der Waals surface area contributed by atoms with Gasteiger partial charge >= 0.3 is 11.9 Å². The number of benzene rings is 1. The van der Waals surface area contributed by atoms with Gasteiger partial charge in [0.1, 0.15) is 6.04 Å². The molecular weight excluding hydrogens is 308 g/mol. The summed E-state index contributed by atoms with van der Waals surface area (Å²) in [6.07, 6.45) is 0.589. The van der Waals surface area contributed by atoms with Crippen molar-refractivity contribution in [1.82, 2.24) is 5.32 Å². The van der Waals surface area contributed by atoms with Gasteiger partial charge in [-0.3, -0.25) is 9.59 Å². The van der Waals surface area contributed by atoms with E-state index in [0.29, 0.717) is 5.92 Å². The SMILES string of the molecule is CC1CNCCc2ccc(Cl)cc21.N[C@@H](CC(=O)O)C(=O)O. The Morgan fingerprint density at radius 1 is 1.45 bits per heavy atom. The minimum atomic E-state index is -1.29. The number of carboxylic acid groups (broad SMARTS) is 2. The number of nitrogens with one attached hydrogen (secondary N) is 1. The Morgan fingerprint density at radius 2 is 2.14 bits per heavy atom. The van der Waals surface area contributed by atoms with Gasteiger partial charge in [0.05, 0.1) is 6.42 Å². The molecule has 0 radical (unpaired) electrons. The van der Waals surface area contributed by atoms with Crippen LogP contribution in [-0.2, 0) is 16.0 Å². The monoisotopic (exact) mass is 328 g/mol. The molecule has 5 N–H and O–H groups in total. The lowest BCUT2D eigenvalue weighted by atomic mass is 9.96. The first-order valence-electron chi connectivity index (χ1n) is 7.00. The average molecular weight is 329 g/mol. The highest BCUT2D eigenvalue weighted by molar-refractivity contribution is 6.30. The van der Waals surface area contributed by atoms with E-state index in [1.54, 1.807) is 0 Å². The number of carboxylic acids is 2. The fourth-order valence-corrected chi connectivity index (χ4v) is 2.36. The van der Waals surface area contributed by atoms with Gasteiger partial charge in [0, 0.05) is 11.6 Å². The zero-order valence-electron chi connectivity index (χ0n) is 12.4. The first-order valence-corrected chi connectivity index (χ1v) is 7.38. The number of carbonyl (C=O) groups is 2. The molecule has 1 unspecified atom stereocenters. The standard InChI is InChI=1S/C11H14ClN.C4H7NO4/c1-8-7-13-5-4-9-2-3-10(12)6-11(8)9;5-2(4(8)9)1-3(6)7/h2-3,6,8,13H,4-5,7H2,1H3;2H,1,5H2,(H,6,7)(H,8,9)/t;2-/m.0/s1. The summed E-state index contributed by atoms with van der Waals surface area (Å²) in [5.41, 5.74) is 7.70. The van der Waals surface area contributed by atoms with Crippen molar-refractivity contribution in [2.75, 3.05) is 13.1 Å². The molecule has 6 nitrogen and oxygen atoms in total. The number of hydrogen-bond acceptors (Lipinski definition) is 4. The third-order valence-electron chi connectivity index (χ3n) is 3.37. The zero-order valence-corrected chi connectivity index (χ0v) is 13.1. The van der Waals surface area contributed by atoms with Gasteiger partial charge in [-0.15, -0.1) is 0 Å². The van der Waals surface area contributed by atoms with E-state index in [2.05, 4.69) is 24.4 Å². The van der Waals surface area contributed by atoms with E-state index < -0.39 is 24.4 Å². The number of aliphatic carboxylic acids is 2. The minimum absolute atomic E-state index is 0.532. The highest BCUT2D eigenvalue weighted by Gasteiger charge is 2.15. The molecule has 0 amide bonds. The highest BCUT2D eigenvalue weighted by atomic mass is 35.5. The van der Waals surface area contributed by atoms with Crippen LogP contribution in [0, 0.1) is 0 Å². The molecule has 1 aliphatic rings. The molecule has 1 aliphatic heterocycles. The van der Waals surface area contributed by atoms with Crippen molar-refractivity contribution in [3.05, 3.63) is 34.3 Å². The molecule has 1 aromatic carbocycles. The molecule has 2 atom stereocenters. The van der Waals surface area contributed by atoms with Crippen molar-refractivity contribution in [2.45, 2.75) is 31.7 Å². The summed E-state index contributed by atoms with van der Waals surface area (Å²) < 4.78 is 0. The summed E-state index contributed by atoms with van der Waals surface area (Å²) in [7, 11) is 0. The second-order valence-corrected chi connectivity index (χ2v) is 5.68. The predicted octanol–water partition coefficient (Wildman–Crippen LogP) is 1.46. The Labute approximate surface area is 134 Å². The highest BCUT2D eigenvalue weighted by Crippen LogP contribution is 2.25. The molecule has 22 heavy (non-hydrogen) atoms. The van der Waals surface area contributed by atoms with Crippen molar-refractivity contribution in [2.24, 2.45) is 5.73 Å². The second-order valence-electron chi connectivity index (χ2n) is 5.24. The zero-order chi connectivity index (χ0) is 16.7. The van der Waals surface area contributed by atoms with E-state index in [1.165, 1.54) is 11.1 Å². The molecule has 122 valence electrons. The van der Waals surface area contributed by atoms with Crippen LogP contribution in [0.25, 0.3) is 0 Å². The fourth-order valence-electron chi connectivity index (χ4n) is 2.18. The van der Waals surface area contributed by atoms with Crippen molar-refractivity contribution in [3.8, 4) is 0 Å². The third kappa shape index (κ3) is 6.01. The number of halogens is 1. The van der Waals surface area contributed by atoms with E-state index in [9.17, 15) is 9.59 Å². The van der Waals surface area contributed by atoms with Gasteiger partial charge < -0.3 is 21.3 Å². The molecule has 0 bridgehead atoms. The maximum absolute atomic E-state index is 9.85. The molecule has 2 rings (SSSR count). The molecule has 0 fully saturated rings. The third-order valence-corrected chi connectivity index (χ3v) is 3.61. The largest absolute Gasteiger partial charge is 0.481 e. The van der Waals surface area contributed by atoms with Gasteiger partial charge in [-0.2, -0.15) is 0 Å². The smallest absolute Gasteiger partial charge is 0.321 e. The Kier molecular flexibility index (Phi) is 7.31. The molecule has 0 aliphatic carbocycles. The van der Waals surface area contributed by atoms with Crippen LogP contribution in [0.1, 0.15) is 30.4 Å². The van der Waals surface area contributed by atoms with Crippen LogP contribution in [0.15, 0.2) is 18.2 Å². The van der Waals surface area contributed by atoms with Gasteiger partial charge in [-0.05, 0) is 42.1 Å². The first-order chi connectivity index (χ1) is 10.3. The number of hydrogen-bond donors (Lipinski definition) is 4. The van der Waals surface area contributed by atoms with E-state index in [-0.39, 0.29) is 0 Å². The Hall–Kier alpha value is -1.63. The lowest BCUT2D eigenvalue weighted by molar-refractivity contribution is -0.144. The fraction of sp³-hybridized carbons (Fsp3) is 0.467. The van der Waals surface area contributed by atoms with Gasteiger partial charge in [0.25, 0.3) is 0 Å². The van der Waals surface area contributed by atoms with Gasteiger partial charge in [0.15, 0.2) is 0 Å². The topological polar surface area (TPSA) is 113 Å². The summed E-state index contributed by atoms with van der Waals surface area (Å²) >= 11 is 5.97. The molecule has 0 saturated heterocycles. The van der Waals surface area contributed by atoms with Gasteiger partial charge in [-0.25, -0.2) is 0 Å². The van der Waals surface area contributed by atoms with Crippen molar-refractivity contribution >= 4 is 23.5 Å². The molecule has 0 spiro atoms. The van der Waals surface area contributed by atoms with E-state index in [1.807, 2.05) is 6.07 Å². The first kappa shape index (κ1) is 18.4. The number of rotatable bonds is 3. The summed E-state index contributed by atoms with van der Waals surface area (Å²) in [5, 5.41) is 20.3. The molecular formula is C15H21ClN2O4. The van der Waals surface area contributed by atoms with Crippen LogP contribution in [0.5, 0.6) is 0 Å². The molecule has 1 heterocycles. The quantitative estimate of drug-likeness (QED) is 0.668. The number of fused-ring (bicyclic) bond motifs is 1. The van der Waals surface area contributed by atoms with E-state index >= 15 is 0 Å². The van der Waals surface area contributed by atoms with Crippen LogP contribution < -0.4 is 11.1 Å². The van der Waals surface area contributed by atoms with Crippen LogP contribution in [-0.4, -0.2) is 41.3 Å². The van der Waals surface area contributed by atoms with Crippen molar-refractivity contribution < 1.29 is 19.8 Å². The van der Waals surface area contributed by atoms with Crippen molar-refractivity contribution in [1.29, 1.82) is 0 Å². The molecule has 1 aromatic rings. The average Bonchev–Trinajstić information content (AvgIpc) is 2.61. The van der Waals surface area contributed by atoms with E-state index in [4.69, 9.17) is 27.5 Å². The second kappa shape index (κ2) is 8.73. The van der Waals surface area contributed by atoms with E-state index in [0.717, 1.165) is 24.5 Å². The maximum Gasteiger partial charge on any atom is 0.321 e. The summed E-state index contributed by atoms with van der Waals surface area (Å²) in [4.78, 5) is 19.6. The Bertz CT molecular complexity index is 536. The molecule has 0 aromatic heterocycles. The minimum Gasteiger partial charge on any atom is -0.481 e. The number of nitrogens with two attached hydrogens (primary N) is 1. The summed E-state index contributed by atoms with van der Waals surface area (Å²) in [6, 6.07) is 4.95. The van der Waals surface area contributed by atoms with Crippen LogP contribution in [0.4, 0.5) is 0 Å². The molecule has 7 heteroatoms.